The summed E-state index contributed by atoms with van der Waals surface area (Å²) in [5, 5.41) is 1.68. The van der Waals surface area contributed by atoms with Crippen molar-refractivity contribution in [1.82, 2.24) is 19.9 Å². The maximum Gasteiger partial charge on any atom is 0.197 e. The first-order chi connectivity index (χ1) is 9.52. The molecule has 1 fully saturated rings. The molecule has 0 spiro atoms. The van der Waals surface area contributed by atoms with E-state index < -0.39 is 0 Å². The molecule has 1 aliphatic carbocycles. The number of hydrogen-bond acceptors (Lipinski definition) is 7. The second-order valence-electron chi connectivity index (χ2n) is 4.68. The summed E-state index contributed by atoms with van der Waals surface area (Å²) in [6, 6.07) is 1.51. The van der Waals surface area contributed by atoms with E-state index in [1.54, 1.807) is 0 Å². The highest BCUT2D eigenvalue weighted by Crippen LogP contribution is 2.40. The molecule has 1 aliphatic rings. The van der Waals surface area contributed by atoms with Crippen LogP contribution >= 0.6 is 23.4 Å². The Labute approximate surface area is 125 Å². The van der Waals surface area contributed by atoms with Crippen LogP contribution < -0.4 is 11.5 Å². The van der Waals surface area contributed by atoms with Gasteiger partial charge in [0, 0.05) is 17.5 Å². The molecule has 0 unspecified atom stereocenters. The second kappa shape index (κ2) is 5.06. The fourth-order valence-corrected chi connectivity index (χ4v) is 2.80. The fourth-order valence-electron chi connectivity index (χ4n) is 1.70. The van der Waals surface area contributed by atoms with Crippen LogP contribution in [0.15, 0.2) is 16.2 Å². The Morgan fingerprint density at radius 2 is 1.80 bits per heavy atom. The van der Waals surface area contributed by atoms with Gasteiger partial charge in [0.25, 0.3) is 0 Å². The molecular formula is C12H13ClN6S. The van der Waals surface area contributed by atoms with Gasteiger partial charge in [-0.3, -0.25) is 0 Å². The SMILES string of the molecule is Cc1c(Cl)nc(C2CC2)nc1Sc1nc(N)cc(N)n1. The van der Waals surface area contributed by atoms with Crippen molar-refractivity contribution in [3.63, 3.8) is 0 Å². The third-order valence-electron chi connectivity index (χ3n) is 2.93. The summed E-state index contributed by atoms with van der Waals surface area (Å²) >= 11 is 7.46. The molecule has 104 valence electrons. The van der Waals surface area contributed by atoms with E-state index in [0.29, 0.717) is 27.9 Å². The maximum atomic E-state index is 6.16. The van der Waals surface area contributed by atoms with Crippen LogP contribution in [-0.2, 0) is 0 Å². The molecule has 4 N–H and O–H groups in total. The first-order valence-corrected chi connectivity index (χ1v) is 7.34. The number of nitrogens with zero attached hydrogens (tertiary/aromatic N) is 4. The Hall–Kier alpha value is -1.60. The average Bonchev–Trinajstić information content (AvgIpc) is 3.17. The van der Waals surface area contributed by atoms with Crippen LogP contribution in [0.1, 0.15) is 30.1 Å². The predicted molar refractivity (Wildman–Crippen MR) is 78.7 cm³/mol. The zero-order chi connectivity index (χ0) is 14.3. The van der Waals surface area contributed by atoms with Gasteiger partial charge in [0.2, 0.25) is 0 Å². The van der Waals surface area contributed by atoms with Crippen molar-refractivity contribution in [2.45, 2.75) is 35.9 Å². The molecule has 2 aromatic rings. The lowest BCUT2D eigenvalue weighted by Gasteiger charge is -2.08. The van der Waals surface area contributed by atoms with E-state index >= 15 is 0 Å². The van der Waals surface area contributed by atoms with Crippen molar-refractivity contribution in [1.29, 1.82) is 0 Å². The van der Waals surface area contributed by atoms with E-state index in [0.717, 1.165) is 29.3 Å². The van der Waals surface area contributed by atoms with Crippen LogP contribution in [-0.4, -0.2) is 19.9 Å². The molecule has 0 aliphatic heterocycles. The van der Waals surface area contributed by atoms with Crippen LogP contribution in [0, 0.1) is 6.92 Å². The van der Waals surface area contributed by atoms with Crippen LogP contribution in [0.2, 0.25) is 5.15 Å². The summed E-state index contributed by atoms with van der Waals surface area (Å²) < 4.78 is 0. The summed E-state index contributed by atoms with van der Waals surface area (Å²) in [7, 11) is 0. The molecule has 0 atom stereocenters. The molecule has 3 rings (SSSR count). The minimum Gasteiger partial charge on any atom is -0.383 e. The summed E-state index contributed by atoms with van der Waals surface area (Å²) in [6.45, 7) is 1.87. The number of aromatic nitrogens is 4. The number of halogens is 1. The number of nitrogen functional groups attached to an aromatic ring is 2. The molecule has 0 saturated heterocycles. The smallest absolute Gasteiger partial charge is 0.197 e. The third-order valence-corrected chi connectivity index (χ3v) is 4.26. The number of anilines is 2. The van der Waals surface area contributed by atoms with Crippen molar-refractivity contribution in [3.8, 4) is 0 Å². The van der Waals surface area contributed by atoms with Crippen molar-refractivity contribution in [2.75, 3.05) is 11.5 Å². The average molecular weight is 309 g/mol. The van der Waals surface area contributed by atoms with Gasteiger partial charge in [-0.05, 0) is 31.5 Å². The minimum atomic E-state index is 0.334. The standard InChI is InChI=1S/C12H13ClN6S/c1-5-9(13)18-10(6-2-3-6)19-11(5)20-12-16-7(14)4-8(15)17-12/h4,6H,2-3H2,1H3,(H4,14,15,16,17). The molecule has 0 radical (unpaired) electrons. The third kappa shape index (κ3) is 2.78. The molecule has 0 aromatic carbocycles. The van der Waals surface area contributed by atoms with Crippen molar-refractivity contribution in [3.05, 3.63) is 22.6 Å². The Kier molecular flexibility index (Phi) is 3.39. The van der Waals surface area contributed by atoms with E-state index in [2.05, 4.69) is 19.9 Å². The second-order valence-corrected chi connectivity index (χ2v) is 5.99. The summed E-state index contributed by atoms with van der Waals surface area (Å²) in [4.78, 5) is 17.2. The zero-order valence-corrected chi connectivity index (χ0v) is 12.4. The van der Waals surface area contributed by atoms with Crippen LogP contribution in [0.4, 0.5) is 11.6 Å². The van der Waals surface area contributed by atoms with Gasteiger partial charge < -0.3 is 11.5 Å². The quantitative estimate of drug-likeness (QED) is 0.662. The zero-order valence-electron chi connectivity index (χ0n) is 10.8. The Balaban J connectivity index is 1.96. The fraction of sp³-hybridized carbons (Fsp3) is 0.333. The van der Waals surface area contributed by atoms with Crippen LogP contribution in [0.3, 0.4) is 0 Å². The van der Waals surface area contributed by atoms with E-state index in [4.69, 9.17) is 23.1 Å². The van der Waals surface area contributed by atoms with Gasteiger partial charge in [0.15, 0.2) is 5.16 Å². The Morgan fingerprint density at radius 1 is 1.15 bits per heavy atom. The molecule has 0 amide bonds. The molecule has 2 heterocycles. The maximum absolute atomic E-state index is 6.16. The first-order valence-electron chi connectivity index (χ1n) is 6.15. The molecular weight excluding hydrogens is 296 g/mol. The largest absolute Gasteiger partial charge is 0.383 e. The topological polar surface area (TPSA) is 104 Å². The van der Waals surface area contributed by atoms with E-state index in [1.165, 1.54) is 17.8 Å². The van der Waals surface area contributed by atoms with Crippen molar-refractivity contribution >= 4 is 35.0 Å². The molecule has 1 saturated carbocycles. The number of rotatable bonds is 3. The highest BCUT2D eigenvalue weighted by Gasteiger charge is 2.28. The minimum absolute atomic E-state index is 0.334. The summed E-state index contributed by atoms with van der Waals surface area (Å²) in [5.41, 5.74) is 12.1. The number of nitrogens with two attached hydrogens (primary N) is 2. The normalized spacial score (nSPS) is 14.5. The lowest BCUT2D eigenvalue weighted by Crippen LogP contribution is -2.01. The van der Waals surface area contributed by atoms with E-state index in [1.807, 2.05) is 6.92 Å². The molecule has 2 aromatic heterocycles. The van der Waals surface area contributed by atoms with Gasteiger partial charge >= 0.3 is 0 Å². The van der Waals surface area contributed by atoms with E-state index in [9.17, 15) is 0 Å². The first kappa shape index (κ1) is 13.4. The van der Waals surface area contributed by atoms with Crippen LogP contribution in [0.5, 0.6) is 0 Å². The molecule has 0 bridgehead atoms. The van der Waals surface area contributed by atoms with Gasteiger partial charge in [-0.2, -0.15) is 0 Å². The lowest BCUT2D eigenvalue weighted by molar-refractivity contribution is 0.858. The Morgan fingerprint density at radius 3 is 2.40 bits per heavy atom. The van der Waals surface area contributed by atoms with Gasteiger partial charge in [-0.1, -0.05) is 11.6 Å². The van der Waals surface area contributed by atoms with Gasteiger partial charge in [-0.25, -0.2) is 19.9 Å². The molecule has 20 heavy (non-hydrogen) atoms. The Bertz CT molecular complexity index is 653. The molecule has 6 nitrogen and oxygen atoms in total. The van der Waals surface area contributed by atoms with Gasteiger partial charge in [0.1, 0.15) is 27.6 Å². The van der Waals surface area contributed by atoms with Crippen molar-refractivity contribution in [2.24, 2.45) is 0 Å². The van der Waals surface area contributed by atoms with Gasteiger partial charge in [-0.15, -0.1) is 0 Å². The monoisotopic (exact) mass is 308 g/mol. The van der Waals surface area contributed by atoms with Gasteiger partial charge in [0.05, 0.1) is 0 Å². The number of hydrogen-bond donors (Lipinski definition) is 2. The summed E-state index contributed by atoms with van der Waals surface area (Å²) in [5.74, 6) is 1.89. The molecule has 8 heteroatoms. The summed E-state index contributed by atoms with van der Waals surface area (Å²) in [6.07, 6.45) is 2.23. The predicted octanol–water partition coefficient (Wildman–Crippen LogP) is 2.42. The highest BCUT2D eigenvalue weighted by molar-refractivity contribution is 7.99. The van der Waals surface area contributed by atoms with Crippen molar-refractivity contribution < 1.29 is 0 Å². The highest BCUT2D eigenvalue weighted by atomic mass is 35.5. The lowest BCUT2D eigenvalue weighted by atomic mass is 10.3. The van der Waals surface area contributed by atoms with E-state index in [-0.39, 0.29) is 0 Å². The van der Waals surface area contributed by atoms with Crippen LogP contribution in [0.25, 0.3) is 0 Å².